The molecular formula is C22H19ClN2O3S3. The Hall–Kier alpha value is -2.00. The Bertz CT molecular complexity index is 1090. The number of aromatic nitrogens is 1. The van der Waals surface area contributed by atoms with Gasteiger partial charge < -0.3 is 9.64 Å². The lowest BCUT2D eigenvalue weighted by molar-refractivity contribution is -0.160. The van der Waals surface area contributed by atoms with Crippen molar-refractivity contribution in [2.75, 3.05) is 0 Å². The summed E-state index contributed by atoms with van der Waals surface area (Å²) in [7, 11) is 2.87. The van der Waals surface area contributed by atoms with Crippen LogP contribution in [0.15, 0.2) is 71.1 Å². The summed E-state index contributed by atoms with van der Waals surface area (Å²) < 4.78 is 7.44. The van der Waals surface area contributed by atoms with E-state index < -0.39 is 22.8 Å². The SMILES string of the molecule is C=C(C)C(C(=O)OCc1ccccc1)N1C(=O)[C@H](Cl)[C@H]1SSc1nc2ccccc2s1. The molecule has 0 spiro atoms. The summed E-state index contributed by atoms with van der Waals surface area (Å²) in [6, 6.07) is 16.4. The van der Waals surface area contributed by atoms with Crippen LogP contribution in [0.1, 0.15) is 12.5 Å². The minimum atomic E-state index is -0.875. The predicted molar refractivity (Wildman–Crippen MR) is 128 cm³/mol. The minimum absolute atomic E-state index is 0.133. The quantitative estimate of drug-likeness (QED) is 0.137. The van der Waals surface area contributed by atoms with Crippen LogP contribution in [-0.4, -0.2) is 38.6 Å². The number of carbonyl (C=O) groups is 2. The lowest BCUT2D eigenvalue weighted by Crippen LogP contribution is -2.66. The van der Waals surface area contributed by atoms with E-state index in [1.165, 1.54) is 26.5 Å². The molecule has 0 saturated carbocycles. The van der Waals surface area contributed by atoms with Crippen molar-refractivity contribution in [2.45, 2.75) is 34.7 Å². The van der Waals surface area contributed by atoms with Gasteiger partial charge in [0, 0.05) is 0 Å². The summed E-state index contributed by atoms with van der Waals surface area (Å²) in [6.07, 6.45) is 0. The third kappa shape index (κ3) is 4.77. The van der Waals surface area contributed by atoms with Crippen molar-refractivity contribution in [2.24, 2.45) is 0 Å². The molecule has 3 aromatic rings. The fraction of sp³-hybridized carbons (Fsp3) is 0.227. The first-order valence-electron chi connectivity index (χ1n) is 9.47. The summed E-state index contributed by atoms with van der Waals surface area (Å²) in [6.45, 7) is 5.76. The number of amides is 1. The largest absolute Gasteiger partial charge is 0.459 e. The summed E-state index contributed by atoms with van der Waals surface area (Å²) in [5.41, 5.74) is 2.34. The molecule has 31 heavy (non-hydrogen) atoms. The average Bonchev–Trinajstić information content (AvgIpc) is 3.20. The first kappa shape index (κ1) is 22.2. The molecule has 1 unspecified atom stereocenters. The zero-order chi connectivity index (χ0) is 22.0. The van der Waals surface area contributed by atoms with E-state index in [1.54, 1.807) is 18.3 Å². The van der Waals surface area contributed by atoms with E-state index in [0.717, 1.165) is 20.1 Å². The molecule has 3 atom stereocenters. The number of nitrogens with zero attached hydrogens (tertiary/aromatic N) is 2. The van der Waals surface area contributed by atoms with E-state index in [9.17, 15) is 9.59 Å². The van der Waals surface area contributed by atoms with Gasteiger partial charge in [0.2, 0.25) is 5.91 Å². The number of alkyl halides is 1. The van der Waals surface area contributed by atoms with Gasteiger partial charge in [0.25, 0.3) is 0 Å². The molecule has 0 bridgehead atoms. The van der Waals surface area contributed by atoms with Crippen molar-refractivity contribution >= 4 is 66.6 Å². The number of likely N-dealkylation sites (tertiary alicyclic amines) is 1. The highest BCUT2D eigenvalue weighted by Crippen LogP contribution is 2.46. The van der Waals surface area contributed by atoms with Gasteiger partial charge in [-0.25, -0.2) is 9.78 Å². The van der Waals surface area contributed by atoms with Gasteiger partial charge in [-0.3, -0.25) is 4.79 Å². The van der Waals surface area contributed by atoms with Crippen LogP contribution in [0, 0.1) is 0 Å². The first-order valence-corrected chi connectivity index (χ1v) is 12.9. The number of carbonyl (C=O) groups excluding carboxylic acids is 2. The number of esters is 1. The standard InChI is InChI=1S/C22H19ClN2O3S3/c1-13(2)18(21(27)28-12-14-8-4-3-5-9-14)25-19(26)17(23)20(25)30-31-22-24-15-10-6-7-11-16(15)29-22/h3-11,17-18,20H,1,12H2,2H3/t17-,18?,20+/m0/s1. The maximum atomic E-state index is 12.8. The fourth-order valence-electron chi connectivity index (χ4n) is 3.15. The fourth-order valence-corrected chi connectivity index (χ4v) is 7.60. The van der Waals surface area contributed by atoms with E-state index in [2.05, 4.69) is 11.6 Å². The molecule has 0 N–H and O–H groups in total. The van der Waals surface area contributed by atoms with Crippen molar-refractivity contribution in [3.8, 4) is 0 Å². The van der Waals surface area contributed by atoms with Gasteiger partial charge in [-0.05, 0) is 41.0 Å². The molecule has 1 aliphatic rings. The molecule has 2 aromatic carbocycles. The van der Waals surface area contributed by atoms with Crippen LogP contribution in [0.5, 0.6) is 0 Å². The van der Waals surface area contributed by atoms with Gasteiger partial charge in [-0.2, -0.15) is 0 Å². The van der Waals surface area contributed by atoms with Gasteiger partial charge in [0.1, 0.15) is 17.4 Å². The molecule has 2 heterocycles. The molecule has 1 aliphatic heterocycles. The molecule has 1 fully saturated rings. The second kappa shape index (κ2) is 9.65. The summed E-state index contributed by atoms with van der Waals surface area (Å²) in [5.74, 6) is -0.808. The molecule has 1 amide bonds. The Morgan fingerprint density at radius 3 is 2.68 bits per heavy atom. The average molecular weight is 491 g/mol. The van der Waals surface area contributed by atoms with E-state index in [0.29, 0.717) is 5.57 Å². The molecule has 0 radical (unpaired) electrons. The van der Waals surface area contributed by atoms with Gasteiger partial charge >= 0.3 is 5.97 Å². The van der Waals surface area contributed by atoms with Gasteiger partial charge in [-0.1, -0.05) is 59.8 Å². The van der Waals surface area contributed by atoms with Crippen molar-refractivity contribution < 1.29 is 14.3 Å². The van der Waals surface area contributed by atoms with Crippen LogP contribution in [0.25, 0.3) is 10.2 Å². The Labute approximate surface area is 197 Å². The smallest absolute Gasteiger partial charge is 0.333 e. The normalized spacial score (nSPS) is 19.2. The molecular weight excluding hydrogens is 472 g/mol. The number of β-lactam (4-membered cyclic amide) rings is 1. The zero-order valence-electron chi connectivity index (χ0n) is 16.6. The Kier molecular flexibility index (Phi) is 6.91. The Morgan fingerprint density at radius 1 is 1.26 bits per heavy atom. The van der Waals surface area contributed by atoms with Crippen LogP contribution in [0.2, 0.25) is 0 Å². The molecule has 5 nitrogen and oxygen atoms in total. The van der Waals surface area contributed by atoms with Crippen molar-refractivity contribution in [3.05, 3.63) is 72.3 Å². The topological polar surface area (TPSA) is 59.5 Å². The van der Waals surface area contributed by atoms with E-state index in [-0.39, 0.29) is 12.5 Å². The van der Waals surface area contributed by atoms with E-state index in [1.807, 2.05) is 54.6 Å². The van der Waals surface area contributed by atoms with Gasteiger partial charge in [0.15, 0.2) is 10.4 Å². The maximum absolute atomic E-state index is 12.8. The van der Waals surface area contributed by atoms with E-state index >= 15 is 0 Å². The third-order valence-electron chi connectivity index (χ3n) is 4.70. The molecule has 4 rings (SSSR count). The highest BCUT2D eigenvalue weighted by atomic mass is 35.5. The number of ether oxygens (including phenoxy) is 1. The lowest BCUT2D eigenvalue weighted by Gasteiger charge is -2.46. The molecule has 9 heteroatoms. The van der Waals surface area contributed by atoms with Crippen LogP contribution >= 0.6 is 44.5 Å². The zero-order valence-corrected chi connectivity index (χ0v) is 19.8. The number of thiazole rings is 1. The number of hydrogen-bond acceptors (Lipinski definition) is 7. The first-order chi connectivity index (χ1) is 15.0. The van der Waals surface area contributed by atoms with Gasteiger partial charge in [0.05, 0.1) is 10.2 Å². The monoisotopic (exact) mass is 490 g/mol. The number of para-hydroxylation sites is 1. The predicted octanol–water partition coefficient (Wildman–Crippen LogP) is 5.50. The van der Waals surface area contributed by atoms with Crippen molar-refractivity contribution in [3.63, 3.8) is 0 Å². The lowest BCUT2D eigenvalue weighted by atomic mass is 10.0. The van der Waals surface area contributed by atoms with Gasteiger partial charge in [-0.15, -0.1) is 22.9 Å². The second-order valence-corrected chi connectivity index (χ2v) is 11.1. The Morgan fingerprint density at radius 2 is 1.97 bits per heavy atom. The highest BCUT2D eigenvalue weighted by molar-refractivity contribution is 8.77. The summed E-state index contributed by atoms with van der Waals surface area (Å²) >= 11 is 7.89. The summed E-state index contributed by atoms with van der Waals surface area (Å²) in [4.78, 5) is 31.5. The molecule has 160 valence electrons. The molecule has 0 aliphatic carbocycles. The summed E-state index contributed by atoms with van der Waals surface area (Å²) in [5, 5.41) is -1.10. The maximum Gasteiger partial charge on any atom is 0.333 e. The second-order valence-electron chi connectivity index (χ2n) is 7.01. The molecule has 1 saturated heterocycles. The number of fused-ring (bicyclic) bond motifs is 1. The number of benzene rings is 2. The van der Waals surface area contributed by atoms with Crippen LogP contribution in [0.4, 0.5) is 0 Å². The number of hydrogen-bond donors (Lipinski definition) is 0. The van der Waals surface area contributed by atoms with Crippen LogP contribution < -0.4 is 0 Å². The minimum Gasteiger partial charge on any atom is -0.459 e. The molecule has 1 aromatic heterocycles. The highest BCUT2D eigenvalue weighted by Gasteiger charge is 2.52. The third-order valence-corrected chi connectivity index (χ3v) is 9.30. The van der Waals surface area contributed by atoms with Crippen LogP contribution in [0.3, 0.4) is 0 Å². The number of rotatable bonds is 8. The van der Waals surface area contributed by atoms with Crippen molar-refractivity contribution in [1.29, 1.82) is 0 Å². The van der Waals surface area contributed by atoms with Crippen LogP contribution in [-0.2, 0) is 20.9 Å². The number of halogens is 1. The van der Waals surface area contributed by atoms with E-state index in [4.69, 9.17) is 16.3 Å². The van der Waals surface area contributed by atoms with Crippen molar-refractivity contribution in [1.82, 2.24) is 9.88 Å². The Balaban J connectivity index is 1.44.